The maximum absolute atomic E-state index is 12.4. The molecule has 2 atom stereocenters. The fourth-order valence-corrected chi connectivity index (χ4v) is 6.76. The van der Waals surface area contributed by atoms with Crippen LogP contribution in [-0.4, -0.2) is 52.3 Å². The Hall–Kier alpha value is -2.03. The molecule has 0 spiro atoms. The van der Waals surface area contributed by atoms with Gasteiger partial charge in [-0.2, -0.15) is 0 Å². The summed E-state index contributed by atoms with van der Waals surface area (Å²) < 4.78 is 26.4. The number of phosphoric ester groups is 1. The van der Waals surface area contributed by atoms with Crippen molar-refractivity contribution in [3.05, 3.63) is 48.6 Å². The summed E-state index contributed by atoms with van der Waals surface area (Å²) in [5.41, 5.74) is 0. The van der Waals surface area contributed by atoms with Crippen LogP contribution in [0.15, 0.2) is 48.6 Å². The van der Waals surface area contributed by atoms with E-state index in [2.05, 4.69) is 31.4 Å². The lowest BCUT2D eigenvalue weighted by Gasteiger charge is -2.18. The summed E-state index contributed by atoms with van der Waals surface area (Å²) in [6, 6.07) is 0. The Bertz CT molecular complexity index is 1090. The van der Waals surface area contributed by atoms with Gasteiger partial charge in [0.15, 0.2) is 6.10 Å². The zero-order valence-corrected chi connectivity index (χ0v) is 37.4. The van der Waals surface area contributed by atoms with Gasteiger partial charge in [0.1, 0.15) is 6.61 Å². The number of esters is 2. The van der Waals surface area contributed by atoms with Gasteiger partial charge < -0.3 is 24.4 Å². The highest BCUT2D eigenvalue weighted by molar-refractivity contribution is 7.46. The number of aliphatic hydroxyl groups excluding tert-OH is 1. The maximum atomic E-state index is 12.4. The molecule has 332 valence electrons. The molecular weight excluding hydrogens is 739 g/mol. The lowest BCUT2D eigenvalue weighted by atomic mass is 10.0. The quantitative estimate of drug-likeness (QED) is 0.0181. The zero-order chi connectivity index (χ0) is 42.1. The van der Waals surface area contributed by atoms with Gasteiger partial charge in [-0.25, -0.2) is 4.57 Å². The third-order valence-electron chi connectivity index (χ3n) is 9.86. The molecule has 10 heteroatoms. The number of rotatable bonds is 41. The molecule has 0 aromatic heterocycles. The highest BCUT2D eigenvalue weighted by Crippen LogP contribution is 2.36. The van der Waals surface area contributed by atoms with E-state index in [0.717, 1.165) is 38.0 Å². The molecule has 0 unspecified atom stereocenters. The maximum Gasteiger partial charge on any atom is 0.469 e. The van der Waals surface area contributed by atoms with Gasteiger partial charge >= 0.3 is 19.8 Å². The molecule has 57 heavy (non-hydrogen) atoms. The molecule has 0 aromatic rings. The van der Waals surface area contributed by atoms with Crippen LogP contribution in [0.25, 0.3) is 0 Å². The lowest BCUT2D eigenvalue weighted by molar-refractivity contribution is -0.161. The van der Waals surface area contributed by atoms with Crippen molar-refractivity contribution in [3.63, 3.8) is 0 Å². The average Bonchev–Trinajstić information content (AvgIpc) is 3.16. The Morgan fingerprint density at radius 3 is 1.68 bits per heavy atom. The number of carbonyl (C=O) groups is 2. The second kappa shape index (κ2) is 40.7. The van der Waals surface area contributed by atoms with E-state index < -0.39 is 38.6 Å². The number of allylic oxidation sites excluding steroid dienone is 6. The fourth-order valence-electron chi connectivity index (χ4n) is 6.40. The SMILES string of the molecule is CCCCC/C=C\C[C@@H](O)/C=C/C=C\C/C=C\CCCC(=O)OC[C@H](COP(=O)(O)O)OC(=O)CCCCCCCCCCCCCCCCCCCCC(C)C. The van der Waals surface area contributed by atoms with Crippen molar-refractivity contribution in [2.45, 2.75) is 219 Å². The van der Waals surface area contributed by atoms with E-state index in [4.69, 9.17) is 19.3 Å². The van der Waals surface area contributed by atoms with Gasteiger partial charge in [0.05, 0.1) is 12.7 Å². The molecule has 0 aromatic carbocycles. The van der Waals surface area contributed by atoms with Crippen LogP contribution in [0.5, 0.6) is 0 Å². The molecule has 3 N–H and O–H groups in total. The average molecular weight is 825 g/mol. The van der Waals surface area contributed by atoms with Crippen LogP contribution in [0.3, 0.4) is 0 Å². The van der Waals surface area contributed by atoms with Gasteiger partial charge in [-0.1, -0.05) is 198 Å². The van der Waals surface area contributed by atoms with Crippen LogP contribution in [0.2, 0.25) is 0 Å². The van der Waals surface area contributed by atoms with Crippen LogP contribution in [-0.2, 0) is 28.2 Å². The summed E-state index contributed by atoms with van der Waals surface area (Å²) in [6.45, 7) is 5.91. The fraction of sp³-hybridized carbons (Fsp3) is 0.787. The molecule has 0 fully saturated rings. The smallest absolute Gasteiger partial charge is 0.462 e. The van der Waals surface area contributed by atoms with E-state index in [1.54, 1.807) is 6.08 Å². The van der Waals surface area contributed by atoms with Crippen molar-refractivity contribution >= 4 is 19.8 Å². The Morgan fingerprint density at radius 2 is 1.12 bits per heavy atom. The van der Waals surface area contributed by atoms with Crippen LogP contribution in [0.1, 0.15) is 207 Å². The monoisotopic (exact) mass is 825 g/mol. The van der Waals surface area contributed by atoms with Crippen molar-refractivity contribution in [2.75, 3.05) is 13.2 Å². The second-order valence-corrected chi connectivity index (χ2v) is 17.3. The van der Waals surface area contributed by atoms with E-state index >= 15 is 0 Å². The van der Waals surface area contributed by atoms with Gasteiger partial charge in [-0.3, -0.25) is 14.1 Å². The minimum atomic E-state index is -4.78. The Kier molecular flexibility index (Phi) is 39.3. The Morgan fingerprint density at radius 1 is 0.596 bits per heavy atom. The number of carbonyl (C=O) groups excluding carboxylic acids is 2. The first-order chi connectivity index (χ1) is 27.5. The first-order valence-corrected chi connectivity index (χ1v) is 24.4. The molecule has 0 radical (unpaired) electrons. The first kappa shape index (κ1) is 55.0. The molecule has 0 aliphatic carbocycles. The van der Waals surface area contributed by atoms with Crippen molar-refractivity contribution in [2.24, 2.45) is 5.92 Å². The van der Waals surface area contributed by atoms with E-state index in [-0.39, 0.29) is 19.4 Å². The van der Waals surface area contributed by atoms with E-state index in [1.165, 1.54) is 116 Å². The molecule has 0 saturated carbocycles. The van der Waals surface area contributed by atoms with Gasteiger partial charge in [0.2, 0.25) is 0 Å². The second-order valence-electron chi connectivity index (χ2n) is 16.1. The number of hydrogen-bond donors (Lipinski definition) is 3. The third-order valence-corrected chi connectivity index (χ3v) is 10.3. The zero-order valence-electron chi connectivity index (χ0n) is 36.5. The highest BCUT2D eigenvalue weighted by atomic mass is 31.2. The Labute approximate surface area is 348 Å². The number of unbranched alkanes of at least 4 members (excludes halogenated alkanes) is 21. The van der Waals surface area contributed by atoms with Crippen LogP contribution >= 0.6 is 7.82 Å². The summed E-state index contributed by atoms with van der Waals surface area (Å²) >= 11 is 0. The minimum absolute atomic E-state index is 0.160. The lowest BCUT2D eigenvalue weighted by Crippen LogP contribution is -2.29. The molecule has 9 nitrogen and oxygen atoms in total. The number of aliphatic hydroxyl groups is 1. The Balaban J connectivity index is 3.98. The largest absolute Gasteiger partial charge is 0.469 e. The highest BCUT2D eigenvalue weighted by Gasteiger charge is 2.22. The number of ether oxygens (including phenoxy) is 2. The van der Waals surface area contributed by atoms with Gasteiger partial charge in [-0.05, 0) is 50.9 Å². The summed E-state index contributed by atoms with van der Waals surface area (Å²) in [4.78, 5) is 42.9. The molecule has 0 aliphatic rings. The molecule has 0 saturated heterocycles. The normalized spacial score (nSPS) is 13.5. The van der Waals surface area contributed by atoms with Crippen molar-refractivity contribution < 1.29 is 43.0 Å². The summed E-state index contributed by atoms with van der Waals surface area (Å²) in [6.07, 6.45) is 45.9. The molecule has 0 aliphatic heterocycles. The predicted octanol–water partition coefficient (Wildman–Crippen LogP) is 13.1. The summed E-state index contributed by atoms with van der Waals surface area (Å²) in [7, 11) is -4.78. The molecule has 0 heterocycles. The van der Waals surface area contributed by atoms with Crippen molar-refractivity contribution in [1.82, 2.24) is 0 Å². The molecule has 0 rings (SSSR count). The van der Waals surface area contributed by atoms with E-state index in [9.17, 15) is 19.3 Å². The predicted molar refractivity (Wildman–Crippen MR) is 236 cm³/mol. The van der Waals surface area contributed by atoms with Crippen molar-refractivity contribution in [3.8, 4) is 0 Å². The van der Waals surface area contributed by atoms with E-state index in [1.807, 2.05) is 36.5 Å². The molecule has 0 amide bonds. The molecular formula is C47H85O9P. The standard InChI is InChI=1S/C47H85O9P/c1-4-5-6-7-27-32-37-44(48)38-33-28-23-20-21-24-29-34-39-46(49)54-41-45(42-55-57(51,52)53)56-47(50)40-35-30-25-19-17-15-13-11-9-8-10-12-14-16-18-22-26-31-36-43(2)3/h21,23-24,27-28,32-33,38,43-45,48H,4-20,22,25-26,29-31,34-37,39-42H2,1-3H3,(H2,51,52,53)/b24-21-,28-23-,32-27-,38-33+/t44-,45-/m1/s1. The van der Waals surface area contributed by atoms with Crippen LogP contribution in [0, 0.1) is 5.92 Å². The third kappa shape index (κ3) is 44.9. The summed E-state index contributed by atoms with van der Waals surface area (Å²) in [5.74, 6) is -0.141. The number of hydrogen-bond acceptors (Lipinski definition) is 7. The van der Waals surface area contributed by atoms with Gasteiger partial charge in [-0.15, -0.1) is 0 Å². The molecule has 0 bridgehead atoms. The number of phosphoric acid groups is 1. The topological polar surface area (TPSA) is 140 Å². The first-order valence-electron chi connectivity index (χ1n) is 22.9. The summed E-state index contributed by atoms with van der Waals surface area (Å²) in [5, 5.41) is 10.0. The van der Waals surface area contributed by atoms with Crippen LogP contribution in [0.4, 0.5) is 0 Å². The van der Waals surface area contributed by atoms with E-state index in [0.29, 0.717) is 25.7 Å². The minimum Gasteiger partial charge on any atom is -0.462 e. The van der Waals surface area contributed by atoms with Gasteiger partial charge in [0, 0.05) is 12.8 Å². The van der Waals surface area contributed by atoms with Crippen LogP contribution < -0.4 is 0 Å². The van der Waals surface area contributed by atoms with Gasteiger partial charge in [0.25, 0.3) is 0 Å². The van der Waals surface area contributed by atoms with Crippen molar-refractivity contribution in [1.29, 1.82) is 0 Å².